The summed E-state index contributed by atoms with van der Waals surface area (Å²) in [6.07, 6.45) is 1.61. The molecule has 142 valence electrons. The highest BCUT2D eigenvalue weighted by Gasteiger charge is 2.32. The van der Waals surface area contributed by atoms with Crippen molar-refractivity contribution in [3.63, 3.8) is 0 Å². The third-order valence-corrected chi connectivity index (χ3v) is 7.30. The van der Waals surface area contributed by atoms with Gasteiger partial charge in [-0.05, 0) is 55.0 Å². The van der Waals surface area contributed by atoms with Gasteiger partial charge in [-0.1, -0.05) is 24.3 Å². The number of hydrogen-bond acceptors (Lipinski definition) is 3. The lowest BCUT2D eigenvalue weighted by molar-refractivity contribution is 0.315. The number of aryl methyl sites for hydroxylation is 1. The van der Waals surface area contributed by atoms with E-state index in [9.17, 15) is 8.42 Å². The number of hydrogen-bond donors (Lipinski definition) is 1. The number of piperidine rings is 1. The number of rotatable bonds is 4. The first-order valence-electron chi connectivity index (χ1n) is 9.21. The van der Waals surface area contributed by atoms with Crippen LogP contribution in [0.15, 0.2) is 53.4 Å². The van der Waals surface area contributed by atoms with Crippen molar-refractivity contribution in [3.05, 3.63) is 59.8 Å². The fourth-order valence-electron chi connectivity index (χ4n) is 3.85. The molecule has 0 unspecified atom stereocenters. The van der Waals surface area contributed by atoms with Gasteiger partial charge in [0.1, 0.15) is 10.6 Å². The molecule has 0 bridgehead atoms. The second-order valence-corrected chi connectivity index (χ2v) is 9.05. The smallest absolute Gasteiger partial charge is 0.246 e. The van der Waals surface area contributed by atoms with E-state index >= 15 is 0 Å². The number of aromatic nitrogens is 1. The Hall–Kier alpha value is -2.31. The van der Waals surface area contributed by atoms with Crippen molar-refractivity contribution in [2.45, 2.75) is 30.6 Å². The maximum Gasteiger partial charge on any atom is 0.246 e. The van der Waals surface area contributed by atoms with Crippen LogP contribution in [0.4, 0.5) is 0 Å². The summed E-state index contributed by atoms with van der Waals surface area (Å²) in [6, 6.07) is 15.7. The van der Waals surface area contributed by atoms with Gasteiger partial charge in [0.2, 0.25) is 10.0 Å². The van der Waals surface area contributed by atoms with Crippen molar-refractivity contribution in [1.29, 1.82) is 0 Å². The molecule has 27 heavy (non-hydrogen) atoms. The van der Waals surface area contributed by atoms with Crippen LogP contribution in [0.2, 0.25) is 0 Å². The molecule has 4 rings (SSSR count). The summed E-state index contributed by atoms with van der Waals surface area (Å²) in [6.45, 7) is 2.92. The molecular weight excluding hydrogens is 360 g/mol. The molecule has 1 aliphatic heterocycles. The van der Waals surface area contributed by atoms with E-state index in [1.807, 2.05) is 25.1 Å². The fourth-order valence-corrected chi connectivity index (χ4v) is 5.56. The Bertz CT molecular complexity index is 1030. The molecule has 1 aromatic heterocycles. The number of H-pyrrole nitrogens is 1. The number of ether oxygens (including phenoxy) is 1. The summed E-state index contributed by atoms with van der Waals surface area (Å²) >= 11 is 0. The Morgan fingerprint density at radius 1 is 1.07 bits per heavy atom. The highest BCUT2D eigenvalue weighted by atomic mass is 32.2. The fraction of sp³-hybridized carbons (Fsp3) is 0.333. The van der Waals surface area contributed by atoms with E-state index in [2.05, 4.69) is 23.2 Å². The second kappa shape index (κ2) is 7.02. The Labute approximate surface area is 160 Å². The molecule has 2 aromatic carbocycles. The van der Waals surface area contributed by atoms with Crippen molar-refractivity contribution in [3.8, 4) is 5.75 Å². The van der Waals surface area contributed by atoms with E-state index in [1.165, 1.54) is 18.2 Å². The van der Waals surface area contributed by atoms with Crippen molar-refractivity contribution in [1.82, 2.24) is 9.29 Å². The molecule has 1 fully saturated rings. The predicted molar refractivity (Wildman–Crippen MR) is 107 cm³/mol. The Morgan fingerprint density at radius 2 is 1.81 bits per heavy atom. The van der Waals surface area contributed by atoms with Gasteiger partial charge in [-0.15, -0.1) is 0 Å². The van der Waals surface area contributed by atoms with Crippen molar-refractivity contribution in [2.75, 3.05) is 20.2 Å². The molecule has 1 aliphatic rings. The molecule has 0 aliphatic carbocycles. The molecule has 0 atom stereocenters. The van der Waals surface area contributed by atoms with Gasteiger partial charge >= 0.3 is 0 Å². The predicted octanol–water partition coefficient (Wildman–Crippen LogP) is 4.05. The molecule has 5 nitrogen and oxygen atoms in total. The molecule has 0 radical (unpaired) electrons. The highest BCUT2D eigenvalue weighted by molar-refractivity contribution is 7.89. The third-order valence-electron chi connectivity index (χ3n) is 5.38. The largest absolute Gasteiger partial charge is 0.495 e. The van der Waals surface area contributed by atoms with E-state index in [0.29, 0.717) is 24.8 Å². The van der Waals surface area contributed by atoms with Crippen molar-refractivity contribution < 1.29 is 13.2 Å². The van der Waals surface area contributed by atoms with Crippen LogP contribution >= 0.6 is 0 Å². The van der Waals surface area contributed by atoms with Crippen LogP contribution in [0.25, 0.3) is 10.9 Å². The minimum Gasteiger partial charge on any atom is -0.495 e. The molecule has 3 aromatic rings. The Kier molecular flexibility index (Phi) is 4.70. The molecule has 6 heteroatoms. The van der Waals surface area contributed by atoms with Gasteiger partial charge in [0.15, 0.2) is 0 Å². The highest BCUT2D eigenvalue weighted by Crippen LogP contribution is 2.34. The standard InChI is InChI=1S/C21H24N2O3S/c1-15-7-8-20(26-2)21(13-15)27(24,25)23-11-9-16(10-12-23)19-14-17-5-3-4-6-18(17)22-19/h3-8,13-14,16,22H,9-12H2,1-2H3. The van der Waals surface area contributed by atoms with E-state index in [-0.39, 0.29) is 4.90 Å². The molecule has 0 spiro atoms. The van der Waals surface area contributed by atoms with Gasteiger partial charge in [0.05, 0.1) is 7.11 Å². The number of fused-ring (bicyclic) bond motifs is 1. The van der Waals surface area contributed by atoms with Crippen LogP contribution in [-0.4, -0.2) is 37.9 Å². The lowest BCUT2D eigenvalue weighted by Gasteiger charge is -2.31. The van der Waals surface area contributed by atoms with Crippen molar-refractivity contribution in [2.24, 2.45) is 0 Å². The molecule has 0 saturated carbocycles. The SMILES string of the molecule is COc1ccc(C)cc1S(=O)(=O)N1CCC(c2cc3ccccc3[nH]2)CC1. The van der Waals surface area contributed by atoms with Gasteiger partial charge in [0.25, 0.3) is 0 Å². The van der Waals surface area contributed by atoms with E-state index < -0.39 is 10.0 Å². The quantitative estimate of drug-likeness (QED) is 0.738. The van der Waals surface area contributed by atoms with Gasteiger partial charge in [0, 0.05) is 30.2 Å². The number of para-hydroxylation sites is 1. The summed E-state index contributed by atoms with van der Waals surface area (Å²) in [5, 5.41) is 1.20. The minimum atomic E-state index is -3.56. The number of sulfonamides is 1. The molecule has 1 N–H and O–H groups in total. The van der Waals surface area contributed by atoms with Crippen molar-refractivity contribution >= 4 is 20.9 Å². The number of benzene rings is 2. The zero-order chi connectivity index (χ0) is 19.0. The molecule has 2 heterocycles. The molecule has 1 saturated heterocycles. The number of methoxy groups -OCH3 is 1. The van der Waals surface area contributed by atoms with E-state index in [4.69, 9.17) is 4.74 Å². The summed E-state index contributed by atoms with van der Waals surface area (Å²) < 4.78 is 33.2. The zero-order valence-corrected chi connectivity index (χ0v) is 16.4. The lowest BCUT2D eigenvalue weighted by atomic mass is 9.95. The monoisotopic (exact) mass is 384 g/mol. The summed E-state index contributed by atoms with van der Waals surface area (Å²) in [7, 11) is -2.05. The topological polar surface area (TPSA) is 62.4 Å². The van der Waals surface area contributed by atoms with Crippen LogP contribution in [0, 0.1) is 6.92 Å². The lowest BCUT2D eigenvalue weighted by Crippen LogP contribution is -2.38. The maximum absolute atomic E-state index is 13.1. The van der Waals surface area contributed by atoms with Gasteiger partial charge in [-0.3, -0.25) is 0 Å². The van der Waals surface area contributed by atoms with Gasteiger partial charge < -0.3 is 9.72 Å². The third kappa shape index (κ3) is 3.35. The van der Waals surface area contributed by atoms with Crippen LogP contribution in [0.3, 0.4) is 0 Å². The zero-order valence-electron chi connectivity index (χ0n) is 15.6. The van der Waals surface area contributed by atoms with Crippen LogP contribution in [0.1, 0.15) is 30.0 Å². The Balaban J connectivity index is 1.54. The summed E-state index contributed by atoms with van der Waals surface area (Å²) in [4.78, 5) is 3.75. The number of nitrogens with zero attached hydrogens (tertiary/aromatic N) is 1. The van der Waals surface area contributed by atoms with E-state index in [1.54, 1.807) is 16.4 Å². The molecule has 0 amide bonds. The summed E-state index contributed by atoms with van der Waals surface area (Å²) in [5.74, 6) is 0.751. The first-order valence-corrected chi connectivity index (χ1v) is 10.7. The van der Waals surface area contributed by atoms with Gasteiger partial charge in [-0.25, -0.2) is 8.42 Å². The van der Waals surface area contributed by atoms with E-state index in [0.717, 1.165) is 23.9 Å². The summed E-state index contributed by atoms with van der Waals surface area (Å²) in [5.41, 5.74) is 3.23. The minimum absolute atomic E-state index is 0.258. The first kappa shape index (κ1) is 18.1. The first-order chi connectivity index (χ1) is 13.0. The maximum atomic E-state index is 13.1. The second-order valence-electron chi connectivity index (χ2n) is 7.14. The number of nitrogens with one attached hydrogen (secondary N) is 1. The average Bonchev–Trinajstić information content (AvgIpc) is 3.12. The normalized spacial score (nSPS) is 16.7. The van der Waals surface area contributed by atoms with Gasteiger partial charge in [-0.2, -0.15) is 4.31 Å². The average molecular weight is 385 g/mol. The molecular formula is C21H24N2O3S. The Morgan fingerprint density at radius 3 is 2.52 bits per heavy atom. The van der Waals surface area contributed by atoms with Crippen LogP contribution < -0.4 is 4.74 Å². The number of aromatic amines is 1. The van der Waals surface area contributed by atoms with Crippen LogP contribution in [0.5, 0.6) is 5.75 Å². The van der Waals surface area contributed by atoms with Crippen LogP contribution in [-0.2, 0) is 10.0 Å².